The van der Waals surface area contributed by atoms with E-state index in [1.54, 1.807) is 6.07 Å². The average molecular weight is 365 g/mol. The number of aliphatic hydroxyl groups excluding tert-OH is 1. The molecule has 2 atom stereocenters. The quantitative estimate of drug-likeness (QED) is 0.192. The van der Waals surface area contributed by atoms with Crippen molar-refractivity contribution in [3.8, 4) is 6.19 Å². The number of aliphatic hydroxyl groups is 1. The summed E-state index contributed by atoms with van der Waals surface area (Å²) in [4.78, 5) is 15.2. The third kappa shape index (κ3) is 3.45. The lowest BCUT2D eigenvalue weighted by Gasteiger charge is -2.25. The van der Waals surface area contributed by atoms with Crippen LogP contribution in [0.4, 0.5) is 11.4 Å². The topological polar surface area (TPSA) is 124 Å². The van der Waals surface area contributed by atoms with Crippen LogP contribution < -0.4 is 10.6 Å². The second kappa shape index (κ2) is 7.05. The van der Waals surface area contributed by atoms with Gasteiger partial charge in [-0.15, -0.1) is 0 Å². The van der Waals surface area contributed by atoms with Crippen LogP contribution in [0.3, 0.4) is 0 Å². The predicted molar refractivity (Wildman–Crippen MR) is 101 cm³/mol. The molecule has 3 rings (SSSR count). The van der Waals surface area contributed by atoms with Gasteiger partial charge in [0.05, 0.1) is 11.0 Å². The van der Waals surface area contributed by atoms with Crippen molar-refractivity contribution >= 4 is 17.3 Å². The number of hydrogen-bond donors (Lipinski definition) is 3. The van der Waals surface area contributed by atoms with Crippen molar-refractivity contribution < 1.29 is 10.0 Å². The van der Waals surface area contributed by atoms with E-state index in [9.17, 15) is 15.2 Å². The molecule has 0 unspecified atom stereocenters. The van der Waals surface area contributed by atoms with Gasteiger partial charge in [-0.3, -0.25) is 15.4 Å². The van der Waals surface area contributed by atoms with Crippen LogP contribution >= 0.6 is 0 Å². The highest BCUT2D eigenvalue weighted by atomic mass is 16.6. The first kappa shape index (κ1) is 18.4. The predicted octanol–water partition coefficient (Wildman–Crippen LogP) is 2.83. The fourth-order valence-corrected chi connectivity index (χ4v) is 3.31. The summed E-state index contributed by atoms with van der Waals surface area (Å²) in [5, 5.41) is 36.5. The highest BCUT2D eigenvalue weighted by molar-refractivity contribution is 5.94. The molecule has 138 valence electrons. The van der Waals surface area contributed by atoms with Crippen LogP contribution in [-0.2, 0) is 5.41 Å². The van der Waals surface area contributed by atoms with Gasteiger partial charge in [-0.1, -0.05) is 38.1 Å². The number of aliphatic imine (C=N–C) groups is 1. The molecule has 0 spiro atoms. The maximum atomic E-state index is 11.2. The Morgan fingerprint density at radius 2 is 2.00 bits per heavy atom. The van der Waals surface area contributed by atoms with Gasteiger partial charge in [0.15, 0.2) is 6.19 Å². The molecule has 2 aromatic carbocycles. The minimum Gasteiger partial charge on any atom is -0.390 e. The van der Waals surface area contributed by atoms with Gasteiger partial charge < -0.3 is 10.4 Å². The first-order valence-corrected chi connectivity index (χ1v) is 8.36. The van der Waals surface area contributed by atoms with Gasteiger partial charge >= 0.3 is 0 Å². The number of hydrogen-bond acceptors (Lipinski definition) is 5. The van der Waals surface area contributed by atoms with Crippen LogP contribution in [0.1, 0.15) is 31.0 Å². The minimum atomic E-state index is -0.900. The van der Waals surface area contributed by atoms with Crippen LogP contribution in [0.15, 0.2) is 53.5 Å². The number of guanidine groups is 1. The number of para-hydroxylation sites is 1. The number of non-ortho nitro benzene ring substituents is 1. The van der Waals surface area contributed by atoms with E-state index < -0.39 is 22.5 Å². The Morgan fingerprint density at radius 1 is 1.30 bits per heavy atom. The molecule has 27 heavy (non-hydrogen) atoms. The maximum Gasteiger partial charge on any atom is 0.269 e. The van der Waals surface area contributed by atoms with Crippen LogP contribution in [0, 0.1) is 21.6 Å². The zero-order chi connectivity index (χ0) is 19.6. The number of nitrogens with zero attached hydrogens (tertiary/aromatic N) is 3. The molecule has 0 radical (unpaired) electrons. The summed E-state index contributed by atoms with van der Waals surface area (Å²) in [5.41, 5.74) is 1.39. The molecule has 0 aliphatic heterocycles. The van der Waals surface area contributed by atoms with Crippen molar-refractivity contribution in [1.29, 1.82) is 5.26 Å². The normalized spacial score (nSPS) is 20.4. The molecule has 8 nitrogen and oxygen atoms in total. The van der Waals surface area contributed by atoms with Crippen LogP contribution in [0.25, 0.3) is 0 Å². The monoisotopic (exact) mass is 365 g/mol. The van der Waals surface area contributed by atoms with Gasteiger partial charge in [0, 0.05) is 23.2 Å². The molecule has 0 fully saturated rings. The second-order valence-corrected chi connectivity index (χ2v) is 6.85. The Morgan fingerprint density at radius 3 is 2.63 bits per heavy atom. The largest absolute Gasteiger partial charge is 0.390 e. The summed E-state index contributed by atoms with van der Waals surface area (Å²) in [5.74, 6) is 0.155. The molecule has 3 N–H and O–H groups in total. The maximum absolute atomic E-state index is 11.2. The molecule has 8 heteroatoms. The zero-order valence-corrected chi connectivity index (χ0v) is 14.9. The molecular formula is C19H19N5O3. The molecular weight excluding hydrogens is 346 g/mol. The van der Waals surface area contributed by atoms with E-state index in [4.69, 9.17) is 5.26 Å². The molecule has 0 saturated heterocycles. The number of benzene rings is 2. The van der Waals surface area contributed by atoms with Crippen LogP contribution in [-0.4, -0.2) is 22.1 Å². The lowest BCUT2D eigenvalue weighted by Crippen LogP contribution is -2.33. The zero-order valence-electron chi connectivity index (χ0n) is 14.9. The third-order valence-electron chi connectivity index (χ3n) is 4.78. The first-order valence-electron chi connectivity index (χ1n) is 8.36. The highest BCUT2D eigenvalue weighted by Crippen LogP contribution is 2.47. The molecule has 1 aliphatic carbocycles. The fourth-order valence-electron chi connectivity index (χ4n) is 3.31. The number of nitro benzene ring substituents is 1. The molecule has 0 bridgehead atoms. The van der Waals surface area contributed by atoms with Crippen LogP contribution in [0.2, 0.25) is 0 Å². The molecule has 0 saturated carbocycles. The van der Waals surface area contributed by atoms with Gasteiger partial charge in [-0.25, -0.2) is 4.99 Å². The van der Waals surface area contributed by atoms with Crippen molar-refractivity contribution in [2.75, 3.05) is 5.32 Å². The summed E-state index contributed by atoms with van der Waals surface area (Å²) in [6.45, 7) is 3.72. The van der Waals surface area contributed by atoms with Crippen molar-refractivity contribution in [3.63, 3.8) is 0 Å². The lowest BCUT2D eigenvalue weighted by atomic mass is 9.84. The summed E-state index contributed by atoms with van der Waals surface area (Å²) in [6.07, 6.45) is 0.918. The Kier molecular flexibility index (Phi) is 4.79. The second-order valence-electron chi connectivity index (χ2n) is 6.85. The molecule has 1 aliphatic rings. The number of nitriles is 1. The van der Waals surface area contributed by atoms with E-state index in [1.165, 1.54) is 12.1 Å². The lowest BCUT2D eigenvalue weighted by molar-refractivity contribution is -0.384. The summed E-state index contributed by atoms with van der Waals surface area (Å²) < 4.78 is 0. The van der Waals surface area contributed by atoms with Gasteiger partial charge in [-0.2, -0.15) is 5.26 Å². The van der Waals surface area contributed by atoms with Crippen molar-refractivity contribution in [1.82, 2.24) is 5.32 Å². The Labute approximate surface area is 156 Å². The number of nitrogens with one attached hydrogen (secondary N) is 2. The number of nitro groups is 1. The third-order valence-corrected chi connectivity index (χ3v) is 4.78. The number of rotatable bonds is 3. The van der Waals surface area contributed by atoms with Crippen molar-refractivity contribution in [2.24, 2.45) is 4.99 Å². The van der Waals surface area contributed by atoms with Crippen molar-refractivity contribution in [2.45, 2.75) is 31.4 Å². The van der Waals surface area contributed by atoms with E-state index in [0.29, 0.717) is 11.3 Å². The Bertz CT molecular complexity index is 934. The van der Waals surface area contributed by atoms with Gasteiger partial charge in [0.25, 0.3) is 5.69 Å². The summed E-state index contributed by atoms with van der Waals surface area (Å²) >= 11 is 0. The van der Waals surface area contributed by atoms with E-state index in [1.807, 2.05) is 50.4 Å². The molecule has 0 heterocycles. The molecule has 0 amide bonds. The van der Waals surface area contributed by atoms with Gasteiger partial charge in [-0.05, 0) is 23.3 Å². The summed E-state index contributed by atoms with van der Waals surface area (Å²) in [6, 6.07) is 12.9. The summed E-state index contributed by atoms with van der Waals surface area (Å²) in [7, 11) is 0. The van der Waals surface area contributed by atoms with Crippen LogP contribution in [0.5, 0.6) is 0 Å². The fraction of sp³-hybridized carbons (Fsp3) is 0.263. The van der Waals surface area contributed by atoms with Gasteiger partial charge in [0.1, 0.15) is 6.04 Å². The van der Waals surface area contributed by atoms with E-state index in [0.717, 1.165) is 5.56 Å². The van der Waals surface area contributed by atoms with E-state index in [2.05, 4.69) is 15.6 Å². The number of fused-ring (bicyclic) bond motifs is 1. The highest BCUT2D eigenvalue weighted by Gasteiger charge is 2.46. The Hall–Kier alpha value is -3.44. The van der Waals surface area contributed by atoms with Gasteiger partial charge in [0.2, 0.25) is 5.96 Å². The minimum absolute atomic E-state index is 0.0651. The molecule has 0 aromatic heterocycles. The van der Waals surface area contributed by atoms with E-state index in [-0.39, 0.29) is 11.6 Å². The van der Waals surface area contributed by atoms with E-state index >= 15 is 0 Å². The standard InChI is InChI=1S/C19H19N5O3/c1-19(2)15-9-8-13(24(26)27)10-14(15)16(17(19)25)23-18(21-11-20)22-12-6-4-3-5-7-12/h3-10,16-17,25H,1-2H3,(H2,21,22,23)/t16-,17+/m1/s1. The smallest absolute Gasteiger partial charge is 0.269 e. The molecule has 2 aromatic rings. The van der Waals surface area contributed by atoms with Crippen molar-refractivity contribution in [3.05, 3.63) is 69.8 Å². The first-order chi connectivity index (χ1) is 12.8. The average Bonchev–Trinajstić information content (AvgIpc) is 2.83. The number of anilines is 1. The SMILES string of the molecule is CC1(C)c2ccc([N+](=O)[O-])cc2[C@@H](N=C(NC#N)Nc2ccccc2)[C@@H]1O. The Balaban J connectivity index is 2.04.